The van der Waals surface area contributed by atoms with Crippen molar-refractivity contribution in [3.05, 3.63) is 50.4 Å². The van der Waals surface area contributed by atoms with Crippen molar-refractivity contribution in [3.8, 4) is 0 Å². The second kappa shape index (κ2) is 7.99. The van der Waals surface area contributed by atoms with Gasteiger partial charge in [-0.25, -0.2) is 0 Å². The van der Waals surface area contributed by atoms with E-state index in [4.69, 9.17) is 23.2 Å². The highest BCUT2D eigenvalue weighted by Gasteiger charge is 2.16. The van der Waals surface area contributed by atoms with E-state index in [0.29, 0.717) is 10.0 Å². The Kier molecular flexibility index (Phi) is 6.30. The lowest BCUT2D eigenvalue weighted by molar-refractivity contribution is 0.489. The van der Waals surface area contributed by atoms with Crippen molar-refractivity contribution in [1.82, 2.24) is 10.3 Å². The Morgan fingerprint density at radius 3 is 2.90 bits per heavy atom. The number of thiophene rings is 1. The van der Waals surface area contributed by atoms with Gasteiger partial charge in [0.25, 0.3) is 0 Å². The smallest absolute Gasteiger partial charge is 0.0760 e. The minimum Gasteiger partial charge on any atom is -0.309 e. The lowest BCUT2D eigenvalue weighted by atomic mass is 10.0. The molecule has 0 fully saturated rings. The fourth-order valence-electron chi connectivity index (χ4n) is 2.08. The van der Waals surface area contributed by atoms with Gasteiger partial charge in [0.2, 0.25) is 0 Å². The number of nitrogens with zero attached hydrogens (tertiary/aromatic N) is 1. The van der Waals surface area contributed by atoms with Gasteiger partial charge < -0.3 is 5.32 Å². The van der Waals surface area contributed by atoms with Gasteiger partial charge in [0.1, 0.15) is 0 Å². The maximum atomic E-state index is 6.28. The first kappa shape index (κ1) is 15.8. The molecule has 2 nitrogen and oxygen atoms in total. The van der Waals surface area contributed by atoms with Gasteiger partial charge in [-0.3, -0.25) is 4.98 Å². The predicted molar refractivity (Wildman–Crippen MR) is 87.9 cm³/mol. The Balaban J connectivity index is 2.09. The molecule has 0 amide bonds. The third-order valence-electron chi connectivity index (χ3n) is 3.11. The van der Waals surface area contributed by atoms with Crippen LogP contribution in [-0.4, -0.2) is 11.5 Å². The Morgan fingerprint density at radius 2 is 2.25 bits per heavy atom. The summed E-state index contributed by atoms with van der Waals surface area (Å²) in [4.78, 5) is 4.41. The first-order chi connectivity index (χ1) is 9.70. The van der Waals surface area contributed by atoms with Crippen LogP contribution in [0.5, 0.6) is 0 Å². The predicted octanol–water partition coefficient (Wildman–Crippen LogP) is 5.12. The lowest BCUT2D eigenvalue weighted by Gasteiger charge is -2.19. The van der Waals surface area contributed by atoms with Crippen molar-refractivity contribution in [3.63, 3.8) is 0 Å². The molecule has 0 aliphatic heterocycles. The largest absolute Gasteiger partial charge is 0.309 e. The summed E-state index contributed by atoms with van der Waals surface area (Å²) < 4.78 is 0. The highest BCUT2D eigenvalue weighted by molar-refractivity contribution is 7.07. The number of halogens is 2. The topological polar surface area (TPSA) is 24.9 Å². The second-order valence-electron chi connectivity index (χ2n) is 4.70. The molecule has 1 N–H and O–H groups in total. The molecule has 2 rings (SSSR count). The molecule has 0 spiro atoms. The van der Waals surface area contributed by atoms with E-state index >= 15 is 0 Å². The average Bonchev–Trinajstić information content (AvgIpc) is 2.93. The molecule has 0 aromatic carbocycles. The Hall–Kier alpha value is -0.610. The summed E-state index contributed by atoms with van der Waals surface area (Å²) in [6.45, 7) is 3.11. The van der Waals surface area contributed by atoms with Crippen LogP contribution in [0, 0.1) is 0 Å². The Morgan fingerprint density at radius 1 is 1.40 bits per heavy atom. The average molecular weight is 329 g/mol. The summed E-state index contributed by atoms with van der Waals surface area (Å²) in [7, 11) is 0. The maximum Gasteiger partial charge on any atom is 0.0760 e. The van der Waals surface area contributed by atoms with Crippen LogP contribution in [0.4, 0.5) is 0 Å². The van der Waals surface area contributed by atoms with Crippen LogP contribution < -0.4 is 5.32 Å². The summed E-state index contributed by atoms with van der Waals surface area (Å²) in [5.74, 6) is 0. The molecule has 0 bridgehead atoms. The van der Waals surface area contributed by atoms with Crippen molar-refractivity contribution in [2.45, 2.75) is 32.2 Å². The summed E-state index contributed by atoms with van der Waals surface area (Å²) in [5.41, 5.74) is 2.25. The van der Waals surface area contributed by atoms with Crippen LogP contribution in [0.15, 0.2) is 29.1 Å². The zero-order chi connectivity index (χ0) is 14.4. The first-order valence-electron chi connectivity index (χ1n) is 6.76. The number of hydrogen-bond acceptors (Lipinski definition) is 3. The lowest BCUT2D eigenvalue weighted by Crippen LogP contribution is -2.24. The van der Waals surface area contributed by atoms with E-state index in [1.165, 1.54) is 5.56 Å². The summed E-state index contributed by atoms with van der Waals surface area (Å²) in [6, 6.07) is 4.09. The normalized spacial score (nSPS) is 12.6. The van der Waals surface area contributed by atoms with Crippen LogP contribution in [0.25, 0.3) is 0 Å². The molecule has 0 radical (unpaired) electrons. The number of pyridine rings is 1. The standard InChI is InChI=1S/C15H18Cl2N2S/c1-2-6-18-14(4-3-11-5-7-20-10-11)15-13(17)8-12(16)9-19-15/h5,7-10,14,18H,2-4,6H2,1H3. The van der Waals surface area contributed by atoms with Crippen molar-refractivity contribution in [2.75, 3.05) is 6.54 Å². The number of aryl methyl sites for hydroxylation is 1. The minimum absolute atomic E-state index is 0.166. The van der Waals surface area contributed by atoms with E-state index in [-0.39, 0.29) is 6.04 Å². The summed E-state index contributed by atoms with van der Waals surface area (Å²) in [5, 5.41) is 9.03. The van der Waals surface area contributed by atoms with Crippen molar-refractivity contribution >= 4 is 34.5 Å². The molecular weight excluding hydrogens is 311 g/mol. The van der Waals surface area contributed by atoms with Crippen LogP contribution >= 0.6 is 34.5 Å². The minimum atomic E-state index is 0.166. The van der Waals surface area contributed by atoms with E-state index in [1.807, 2.05) is 0 Å². The van der Waals surface area contributed by atoms with Crippen LogP contribution in [0.1, 0.15) is 37.1 Å². The van der Waals surface area contributed by atoms with E-state index in [1.54, 1.807) is 23.6 Å². The summed E-state index contributed by atoms with van der Waals surface area (Å²) >= 11 is 13.9. The van der Waals surface area contributed by atoms with Gasteiger partial charge in [-0.2, -0.15) is 11.3 Å². The second-order valence-corrected chi connectivity index (χ2v) is 6.32. The molecular formula is C15H18Cl2N2S. The number of aromatic nitrogens is 1. The molecule has 5 heteroatoms. The van der Waals surface area contributed by atoms with Gasteiger partial charge in [0.15, 0.2) is 0 Å². The molecule has 108 valence electrons. The van der Waals surface area contributed by atoms with Gasteiger partial charge in [-0.1, -0.05) is 30.1 Å². The number of nitrogens with one attached hydrogen (secondary N) is 1. The molecule has 2 aromatic heterocycles. The van der Waals surface area contributed by atoms with Gasteiger partial charge in [-0.05, 0) is 54.3 Å². The highest BCUT2D eigenvalue weighted by atomic mass is 35.5. The van der Waals surface area contributed by atoms with Gasteiger partial charge >= 0.3 is 0 Å². The Labute approximate surface area is 134 Å². The van der Waals surface area contributed by atoms with Crippen LogP contribution in [0.3, 0.4) is 0 Å². The zero-order valence-electron chi connectivity index (χ0n) is 11.4. The molecule has 2 heterocycles. The quantitative estimate of drug-likeness (QED) is 0.762. The van der Waals surface area contributed by atoms with E-state index in [2.05, 4.69) is 34.1 Å². The van der Waals surface area contributed by atoms with Crippen LogP contribution in [0.2, 0.25) is 10.0 Å². The third-order valence-corrected chi connectivity index (χ3v) is 4.35. The molecule has 1 unspecified atom stereocenters. The van der Waals surface area contributed by atoms with Gasteiger partial charge in [0.05, 0.1) is 21.8 Å². The third kappa shape index (κ3) is 4.45. The number of rotatable bonds is 7. The summed E-state index contributed by atoms with van der Waals surface area (Å²) in [6.07, 6.45) is 4.74. The molecule has 0 aliphatic carbocycles. The maximum absolute atomic E-state index is 6.28. The van der Waals surface area contributed by atoms with Crippen molar-refractivity contribution < 1.29 is 0 Å². The van der Waals surface area contributed by atoms with E-state index in [9.17, 15) is 0 Å². The fourth-order valence-corrected chi connectivity index (χ4v) is 3.30. The monoisotopic (exact) mass is 328 g/mol. The molecule has 2 aromatic rings. The van der Waals surface area contributed by atoms with Gasteiger partial charge in [0, 0.05) is 6.20 Å². The Bertz CT molecular complexity index is 529. The molecule has 0 saturated carbocycles. The van der Waals surface area contributed by atoms with Crippen LogP contribution in [-0.2, 0) is 6.42 Å². The van der Waals surface area contributed by atoms with Gasteiger partial charge in [-0.15, -0.1) is 0 Å². The highest BCUT2D eigenvalue weighted by Crippen LogP contribution is 2.27. The SMILES string of the molecule is CCCNC(CCc1ccsc1)c1ncc(Cl)cc1Cl. The van der Waals surface area contributed by atoms with E-state index in [0.717, 1.165) is 31.5 Å². The molecule has 20 heavy (non-hydrogen) atoms. The number of hydrogen-bond donors (Lipinski definition) is 1. The first-order valence-corrected chi connectivity index (χ1v) is 8.46. The van der Waals surface area contributed by atoms with Crippen molar-refractivity contribution in [2.24, 2.45) is 0 Å². The van der Waals surface area contributed by atoms with Crippen molar-refractivity contribution in [1.29, 1.82) is 0 Å². The molecule has 0 aliphatic rings. The fraction of sp³-hybridized carbons (Fsp3) is 0.400. The van der Waals surface area contributed by atoms with E-state index < -0.39 is 0 Å². The molecule has 0 saturated heterocycles. The molecule has 1 atom stereocenters. The zero-order valence-corrected chi connectivity index (χ0v) is 13.7.